The fraction of sp³-hybridized carbons (Fsp3) is 0.353. The fourth-order valence-electron chi connectivity index (χ4n) is 2.51. The molecule has 3 N–H and O–H groups in total. The number of carbonyl (C=O) groups excluding carboxylic acids is 1. The monoisotopic (exact) mass is 398 g/mol. The predicted octanol–water partition coefficient (Wildman–Crippen LogP) is 2.43. The summed E-state index contributed by atoms with van der Waals surface area (Å²) in [6.07, 6.45) is 1.57. The molecule has 0 radical (unpaired) electrons. The van der Waals surface area contributed by atoms with Gasteiger partial charge in [0.15, 0.2) is 5.69 Å². The molecule has 140 valence electrons. The number of aromatic nitrogens is 2. The standard InChI is InChI=1S/C17H20Cl2N4O3/c1-3-4-7-23-15(20)14(16(25)21-17(23)26)22(2)13(24)9-10-5-6-11(18)12(19)8-10/h5-6,8H,3-4,7,9,20H2,1-2H3,(H,21,25,26). The van der Waals surface area contributed by atoms with Crippen molar-refractivity contribution in [2.24, 2.45) is 0 Å². The van der Waals surface area contributed by atoms with Crippen LogP contribution in [0.15, 0.2) is 27.8 Å². The molecule has 0 bridgehead atoms. The van der Waals surface area contributed by atoms with Crippen LogP contribution in [-0.2, 0) is 17.8 Å². The zero-order valence-electron chi connectivity index (χ0n) is 14.5. The molecule has 0 aliphatic rings. The zero-order valence-corrected chi connectivity index (χ0v) is 16.0. The Bertz CT molecular complexity index is 937. The van der Waals surface area contributed by atoms with E-state index in [0.717, 1.165) is 17.7 Å². The summed E-state index contributed by atoms with van der Waals surface area (Å²) in [5.41, 5.74) is 5.31. The third-order valence-electron chi connectivity index (χ3n) is 4.00. The summed E-state index contributed by atoms with van der Waals surface area (Å²) in [7, 11) is 1.44. The van der Waals surface area contributed by atoms with E-state index < -0.39 is 11.2 Å². The highest BCUT2D eigenvalue weighted by molar-refractivity contribution is 6.42. The van der Waals surface area contributed by atoms with Crippen molar-refractivity contribution in [3.63, 3.8) is 0 Å². The normalized spacial score (nSPS) is 10.8. The highest BCUT2D eigenvalue weighted by Gasteiger charge is 2.21. The summed E-state index contributed by atoms with van der Waals surface area (Å²) >= 11 is 11.8. The number of H-pyrrole nitrogens is 1. The third kappa shape index (κ3) is 4.28. The molecule has 7 nitrogen and oxygen atoms in total. The maximum atomic E-state index is 12.6. The molecule has 1 aromatic heterocycles. The Morgan fingerprint density at radius 3 is 2.58 bits per heavy atom. The molecule has 0 unspecified atom stereocenters. The first-order valence-electron chi connectivity index (χ1n) is 8.09. The van der Waals surface area contributed by atoms with Gasteiger partial charge >= 0.3 is 5.69 Å². The number of aromatic amines is 1. The van der Waals surface area contributed by atoms with Gasteiger partial charge in [0.25, 0.3) is 5.56 Å². The number of rotatable bonds is 6. The number of hydrogen-bond acceptors (Lipinski definition) is 4. The number of likely N-dealkylation sites (N-methyl/N-ethyl adjacent to an activating group) is 1. The first-order valence-corrected chi connectivity index (χ1v) is 8.85. The van der Waals surface area contributed by atoms with Crippen LogP contribution in [0, 0.1) is 0 Å². The summed E-state index contributed by atoms with van der Waals surface area (Å²) in [4.78, 5) is 40.1. The Hall–Kier alpha value is -2.25. The van der Waals surface area contributed by atoms with Crippen molar-refractivity contribution in [2.75, 3.05) is 17.7 Å². The largest absolute Gasteiger partial charge is 0.383 e. The van der Waals surface area contributed by atoms with Crippen molar-refractivity contribution in [1.82, 2.24) is 9.55 Å². The summed E-state index contributed by atoms with van der Waals surface area (Å²) in [5.74, 6) is -0.404. The van der Waals surface area contributed by atoms with Crippen molar-refractivity contribution >= 4 is 40.6 Å². The van der Waals surface area contributed by atoms with Gasteiger partial charge in [0, 0.05) is 13.6 Å². The first kappa shape index (κ1) is 20.1. The van der Waals surface area contributed by atoms with E-state index in [-0.39, 0.29) is 23.8 Å². The van der Waals surface area contributed by atoms with Crippen molar-refractivity contribution in [2.45, 2.75) is 32.7 Å². The van der Waals surface area contributed by atoms with Gasteiger partial charge in [-0.25, -0.2) is 4.79 Å². The lowest BCUT2D eigenvalue weighted by Crippen LogP contribution is -2.39. The lowest BCUT2D eigenvalue weighted by molar-refractivity contribution is -0.117. The number of hydrogen-bond donors (Lipinski definition) is 2. The van der Waals surface area contributed by atoms with Gasteiger partial charge in [0.2, 0.25) is 5.91 Å². The number of benzene rings is 1. The Kier molecular flexibility index (Phi) is 6.50. The molecule has 1 aromatic carbocycles. The van der Waals surface area contributed by atoms with Crippen LogP contribution < -0.4 is 21.9 Å². The Morgan fingerprint density at radius 1 is 1.27 bits per heavy atom. The van der Waals surface area contributed by atoms with Crippen LogP contribution in [0.4, 0.5) is 11.5 Å². The maximum absolute atomic E-state index is 12.6. The number of nitrogens with two attached hydrogens (primary N) is 1. The van der Waals surface area contributed by atoms with E-state index >= 15 is 0 Å². The van der Waals surface area contributed by atoms with Gasteiger partial charge in [-0.15, -0.1) is 0 Å². The van der Waals surface area contributed by atoms with Gasteiger partial charge < -0.3 is 10.6 Å². The molecule has 0 spiro atoms. The highest BCUT2D eigenvalue weighted by Crippen LogP contribution is 2.23. The fourth-order valence-corrected chi connectivity index (χ4v) is 2.83. The lowest BCUT2D eigenvalue weighted by Gasteiger charge is -2.20. The molecular formula is C17H20Cl2N4O3. The molecule has 0 saturated heterocycles. The average Bonchev–Trinajstić information content (AvgIpc) is 2.57. The molecule has 0 fully saturated rings. The van der Waals surface area contributed by atoms with Crippen LogP contribution in [0.25, 0.3) is 0 Å². The van der Waals surface area contributed by atoms with Crippen molar-refractivity contribution in [3.05, 3.63) is 54.6 Å². The number of anilines is 2. The molecule has 1 amide bonds. The molecule has 26 heavy (non-hydrogen) atoms. The van der Waals surface area contributed by atoms with Gasteiger partial charge in [0.1, 0.15) is 5.82 Å². The molecular weight excluding hydrogens is 379 g/mol. The zero-order chi connectivity index (χ0) is 19.4. The number of nitrogen functional groups attached to an aromatic ring is 1. The van der Waals surface area contributed by atoms with E-state index in [1.165, 1.54) is 11.6 Å². The number of nitrogens with zero attached hydrogens (tertiary/aromatic N) is 2. The summed E-state index contributed by atoms with van der Waals surface area (Å²) < 4.78 is 1.27. The van der Waals surface area contributed by atoms with Gasteiger partial charge in [-0.05, 0) is 24.1 Å². The second-order valence-corrected chi connectivity index (χ2v) is 6.69. The van der Waals surface area contributed by atoms with Gasteiger partial charge in [0.05, 0.1) is 16.5 Å². The van der Waals surface area contributed by atoms with E-state index in [1.54, 1.807) is 18.2 Å². The number of carbonyl (C=O) groups is 1. The van der Waals surface area contributed by atoms with Gasteiger partial charge in [-0.1, -0.05) is 42.6 Å². The van der Waals surface area contributed by atoms with Gasteiger partial charge in [-0.2, -0.15) is 0 Å². The van der Waals surface area contributed by atoms with Crippen molar-refractivity contribution in [1.29, 1.82) is 0 Å². The minimum Gasteiger partial charge on any atom is -0.383 e. The summed E-state index contributed by atoms with van der Waals surface area (Å²) in [6.45, 7) is 2.33. The maximum Gasteiger partial charge on any atom is 0.330 e. The smallest absolute Gasteiger partial charge is 0.330 e. The van der Waals surface area contributed by atoms with Crippen LogP contribution in [0.5, 0.6) is 0 Å². The van der Waals surface area contributed by atoms with Crippen molar-refractivity contribution in [3.8, 4) is 0 Å². The lowest BCUT2D eigenvalue weighted by atomic mass is 10.1. The Labute approximate surface area is 160 Å². The second-order valence-electron chi connectivity index (χ2n) is 5.88. The van der Waals surface area contributed by atoms with Crippen molar-refractivity contribution < 1.29 is 4.79 Å². The number of amides is 1. The van der Waals surface area contributed by atoms with Crippen LogP contribution in [-0.4, -0.2) is 22.5 Å². The minimum atomic E-state index is -0.703. The SMILES string of the molecule is CCCCn1c(N)c(N(C)C(=O)Cc2ccc(Cl)c(Cl)c2)c(=O)[nH]c1=O. The van der Waals surface area contributed by atoms with Crippen LogP contribution in [0.2, 0.25) is 10.0 Å². The van der Waals surface area contributed by atoms with Gasteiger partial charge in [-0.3, -0.25) is 19.1 Å². The summed E-state index contributed by atoms with van der Waals surface area (Å²) in [6, 6.07) is 4.86. The molecule has 2 rings (SSSR count). The minimum absolute atomic E-state index is 0.000352. The number of nitrogens with one attached hydrogen (secondary N) is 1. The molecule has 0 atom stereocenters. The van der Waals surface area contributed by atoms with E-state index in [4.69, 9.17) is 28.9 Å². The van der Waals surface area contributed by atoms with E-state index in [9.17, 15) is 14.4 Å². The quantitative estimate of drug-likeness (QED) is 0.779. The Balaban J connectivity index is 2.34. The topological polar surface area (TPSA) is 101 Å². The van der Waals surface area contributed by atoms with Crippen LogP contribution >= 0.6 is 23.2 Å². The second kappa shape index (κ2) is 8.42. The number of unbranched alkanes of at least 4 members (excludes halogenated alkanes) is 1. The van der Waals surface area contributed by atoms with E-state index in [1.807, 2.05) is 6.92 Å². The first-order chi connectivity index (χ1) is 12.3. The molecule has 0 aliphatic carbocycles. The molecule has 2 aromatic rings. The molecule has 9 heteroatoms. The van der Waals surface area contributed by atoms with Crippen LogP contribution in [0.3, 0.4) is 0 Å². The third-order valence-corrected chi connectivity index (χ3v) is 4.74. The Morgan fingerprint density at radius 2 is 1.96 bits per heavy atom. The van der Waals surface area contributed by atoms with E-state index in [2.05, 4.69) is 4.98 Å². The number of halogens is 2. The molecule has 0 aliphatic heterocycles. The van der Waals surface area contributed by atoms with E-state index in [0.29, 0.717) is 22.2 Å². The van der Waals surface area contributed by atoms with Crippen LogP contribution in [0.1, 0.15) is 25.3 Å². The molecule has 0 saturated carbocycles. The average molecular weight is 399 g/mol. The molecule has 1 heterocycles. The summed E-state index contributed by atoms with van der Waals surface area (Å²) in [5, 5.41) is 0.727. The highest BCUT2D eigenvalue weighted by atomic mass is 35.5. The predicted molar refractivity (Wildman–Crippen MR) is 104 cm³/mol.